The summed E-state index contributed by atoms with van der Waals surface area (Å²) in [5.74, 6) is -0.400. The van der Waals surface area contributed by atoms with Crippen LogP contribution in [0.25, 0.3) is 0 Å². The van der Waals surface area contributed by atoms with Crippen LogP contribution in [-0.2, 0) is 14.3 Å². The first-order chi connectivity index (χ1) is 12.8. The lowest BCUT2D eigenvalue weighted by atomic mass is 10.2. The van der Waals surface area contributed by atoms with Gasteiger partial charge in [0.1, 0.15) is 0 Å². The Bertz CT molecular complexity index is 806. The third-order valence-corrected chi connectivity index (χ3v) is 4.63. The second kappa shape index (κ2) is 9.72. The van der Waals surface area contributed by atoms with Crippen molar-refractivity contribution >= 4 is 35.0 Å². The summed E-state index contributed by atoms with van der Waals surface area (Å²) in [5, 5.41) is 13.2. The highest BCUT2D eigenvalue weighted by molar-refractivity contribution is 7.99. The molecule has 1 atom stereocenters. The molecule has 1 N–H and O–H groups in total. The van der Waals surface area contributed by atoms with Crippen molar-refractivity contribution in [3.8, 4) is 0 Å². The molecule has 2 aromatic rings. The number of hydrogen-bond acceptors (Lipinski definition) is 6. The van der Waals surface area contributed by atoms with Crippen LogP contribution < -0.4 is 5.32 Å². The second-order valence-corrected chi connectivity index (χ2v) is 7.01. The van der Waals surface area contributed by atoms with Crippen molar-refractivity contribution in [2.45, 2.75) is 31.3 Å². The molecule has 7 nitrogen and oxygen atoms in total. The van der Waals surface area contributed by atoms with Gasteiger partial charge in [-0.15, -0.1) is 11.8 Å². The molecule has 0 spiro atoms. The van der Waals surface area contributed by atoms with Gasteiger partial charge in [-0.1, -0.05) is 17.7 Å². The Morgan fingerprint density at radius 1 is 1.15 bits per heavy atom. The quantitative estimate of drug-likeness (QED) is 0.318. The zero-order chi connectivity index (χ0) is 19.8. The standard InChI is InChI=1S/C19H20N2O5S/c1-13-3-9-17(10-4-13)27-12-11-18(22)26-14(2)19(23)20-15-5-7-16(8-6-15)21(24)25/h3-10,14H,11-12H2,1-2H3,(H,20,23). The molecule has 27 heavy (non-hydrogen) atoms. The molecule has 0 saturated carbocycles. The van der Waals surface area contributed by atoms with E-state index >= 15 is 0 Å². The number of non-ortho nitro benzene ring substituents is 1. The maximum absolute atomic E-state index is 12.1. The number of ether oxygens (including phenoxy) is 1. The highest BCUT2D eigenvalue weighted by Crippen LogP contribution is 2.19. The van der Waals surface area contributed by atoms with Crippen molar-refractivity contribution in [2.24, 2.45) is 0 Å². The molecule has 0 aliphatic rings. The Hall–Kier alpha value is -2.87. The molecule has 1 unspecified atom stereocenters. The number of thioether (sulfide) groups is 1. The number of esters is 1. The highest BCUT2D eigenvalue weighted by Gasteiger charge is 2.18. The van der Waals surface area contributed by atoms with Crippen LogP contribution in [0.15, 0.2) is 53.4 Å². The molecule has 0 aromatic heterocycles. The van der Waals surface area contributed by atoms with Gasteiger partial charge in [0, 0.05) is 28.5 Å². The van der Waals surface area contributed by atoms with Gasteiger partial charge in [-0.2, -0.15) is 0 Å². The van der Waals surface area contributed by atoms with Crippen molar-refractivity contribution in [1.29, 1.82) is 0 Å². The number of aryl methyl sites for hydroxylation is 1. The zero-order valence-electron chi connectivity index (χ0n) is 15.0. The van der Waals surface area contributed by atoms with E-state index in [1.54, 1.807) is 11.8 Å². The lowest BCUT2D eigenvalue weighted by Gasteiger charge is -2.13. The number of anilines is 1. The fourth-order valence-corrected chi connectivity index (χ4v) is 2.94. The molecule has 0 saturated heterocycles. The van der Waals surface area contributed by atoms with Crippen LogP contribution in [-0.4, -0.2) is 28.7 Å². The maximum Gasteiger partial charge on any atom is 0.307 e. The number of hydrogen-bond donors (Lipinski definition) is 1. The summed E-state index contributed by atoms with van der Waals surface area (Å²) in [4.78, 5) is 35.1. The van der Waals surface area contributed by atoms with E-state index in [0.717, 1.165) is 4.90 Å². The molecule has 1 amide bonds. The van der Waals surface area contributed by atoms with Gasteiger partial charge in [-0.05, 0) is 38.1 Å². The SMILES string of the molecule is Cc1ccc(SCCC(=O)OC(C)C(=O)Nc2ccc([N+](=O)[O-])cc2)cc1. The number of nitro groups is 1. The van der Waals surface area contributed by atoms with E-state index in [0.29, 0.717) is 11.4 Å². The number of nitrogens with zero attached hydrogens (tertiary/aromatic N) is 1. The smallest absolute Gasteiger partial charge is 0.307 e. The molecule has 0 aliphatic carbocycles. The van der Waals surface area contributed by atoms with Gasteiger partial charge in [0.05, 0.1) is 11.3 Å². The summed E-state index contributed by atoms with van der Waals surface area (Å²) in [5.41, 5.74) is 1.49. The largest absolute Gasteiger partial charge is 0.453 e. The predicted octanol–water partition coefficient (Wildman–Crippen LogP) is 3.96. The normalized spacial score (nSPS) is 11.5. The number of carbonyl (C=O) groups excluding carboxylic acids is 2. The predicted molar refractivity (Wildman–Crippen MR) is 104 cm³/mol. The first kappa shape index (κ1) is 20.4. The summed E-state index contributed by atoms with van der Waals surface area (Å²) < 4.78 is 5.13. The molecule has 142 valence electrons. The van der Waals surface area contributed by atoms with E-state index in [1.807, 2.05) is 31.2 Å². The minimum Gasteiger partial charge on any atom is -0.453 e. The van der Waals surface area contributed by atoms with Crippen LogP contribution in [0.3, 0.4) is 0 Å². The average molecular weight is 388 g/mol. The number of rotatable bonds is 8. The van der Waals surface area contributed by atoms with Crippen molar-refractivity contribution in [1.82, 2.24) is 0 Å². The minimum atomic E-state index is -0.961. The molecule has 2 rings (SSSR count). The molecule has 0 heterocycles. The Labute approximate surface area is 161 Å². The lowest BCUT2D eigenvalue weighted by molar-refractivity contribution is -0.384. The number of nitrogens with one attached hydrogen (secondary N) is 1. The minimum absolute atomic E-state index is 0.0708. The van der Waals surface area contributed by atoms with Gasteiger partial charge < -0.3 is 10.1 Å². The third-order valence-electron chi connectivity index (χ3n) is 3.62. The van der Waals surface area contributed by atoms with E-state index < -0.39 is 22.9 Å². The molecule has 8 heteroatoms. The van der Waals surface area contributed by atoms with Crippen LogP contribution in [0.5, 0.6) is 0 Å². The van der Waals surface area contributed by atoms with Crippen LogP contribution in [0, 0.1) is 17.0 Å². The van der Waals surface area contributed by atoms with Crippen LogP contribution in [0.1, 0.15) is 18.9 Å². The van der Waals surface area contributed by atoms with Gasteiger partial charge in [0.25, 0.3) is 11.6 Å². The van der Waals surface area contributed by atoms with Crippen LogP contribution >= 0.6 is 11.8 Å². The molecule has 0 fully saturated rings. The van der Waals surface area contributed by atoms with Gasteiger partial charge in [-0.25, -0.2) is 0 Å². The molecule has 0 bridgehead atoms. The topological polar surface area (TPSA) is 98.5 Å². The summed E-state index contributed by atoms with van der Waals surface area (Å²) >= 11 is 1.54. The molecular formula is C19H20N2O5S. The molecule has 0 radical (unpaired) electrons. The fraction of sp³-hybridized carbons (Fsp3) is 0.263. The lowest BCUT2D eigenvalue weighted by Crippen LogP contribution is -2.30. The number of benzene rings is 2. The average Bonchev–Trinajstić information content (AvgIpc) is 2.63. The maximum atomic E-state index is 12.1. The summed E-state index contributed by atoms with van der Waals surface area (Å²) in [6.07, 6.45) is -0.773. The second-order valence-electron chi connectivity index (χ2n) is 5.84. The number of nitro benzene ring substituents is 1. The Kier molecular flexibility index (Phi) is 7.36. The fourth-order valence-electron chi connectivity index (χ4n) is 2.11. The number of amides is 1. The van der Waals surface area contributed by atoms with Gasteiger partial charge in [-0.3, -0.25) is 19.7 Å². The molecule has 0 aliphatic heterocycles. The Balaban J connectivity index is 1.75. The van der Waals surface area contributed by atoms with E-state index in [4.69, 9.17) is 4.74 Å². The monoisotopic (exact) mass is 388 g/mol. The highest BCUT2D eigenvalue weighted by atomic mass is 32.2. The van der Waals surface area contributed by atoms with Crippen molar-refractivity contribution in [3.63, 3.8) is 0 Å². The van der Waals surface area contributed by atoms with E-state index in [2.05, 4.69) is 5.32 Å². The Morgan fingerprint density at radius 2 is 1.78 bits per heavy atom. The van der Waals surface area contributed by atoms with Crippen molar-refractivity contribution in [3.05, 3.63) is 64.2 Å². The summed E-state index contributed by atoms with van der Waals surface area (Å²) in [6.45, 7) is 3.49. The summed E-state index contributed by atoms with van der Waals surface area (Å²) in [7, 11) is 0. The molecular weight excluding hydrogens is 368 g/mol. The van der Waals surface area contributed by atoms with Crippen molar-refractivity contribution < 1.29 is 19.2 Å². The van der Waals surface area contributed by atoms with E-state index in [9.17, 15) is 19.7 Å². The first-order valence-electron chi connectivity index (χ1n) is 8.29. The van der Waals surface area contributed by atoms with Gasteiger partial charge in [0.2, 0.25) is 0 Å². The van der Waals surface area contributed by atoms with Gasteiger partial charge in [0.15, 0.2) is 6.10 Å². The summed E-state index contributed by atoms with van der Waals surface area (Å²) in [6, 6.07) is 13.4. The first-order valence-corrected chi connectivity index (χ1v) is 9.28. The van der Waals surface area contributed by atoms with E-state index in [1.165, 1.54) is 36.8 Å². The third kappa shape index (κ3) is 6.74. The van der Waals surface area contributed by atoms with Gasteiger partial charge >= 0.3 is 5.97 Å². The van der Waals surface area contributed by atoms with Crippen molar-refractivity contribution in [2.75, 3.05) is 11.1 Å². The van der Waals surface area contributed by atoms with Crippen LogP contribution in [0.2, 0.25) is 0 Å². The van der Waals surface area contributed by atoms with Crippen LogP contribution in [0.4, 0.5) is 11.4 Å². The van der Waals surface area contributed by atoms with E-state index in [-0.39, 0.29) is 12.1 Å². The zero-order valence-corrected chi connectivity index (χ0v) is 15.8. The number of carbonyl (C=O) groups is 2. The Morgan fingerprint density at radius 3 is 2.37 bits per heavy atom. The molecule has 2 aromatic carbocycles.